The number of nitrogens with zero attached hydrogens (tertiary/aromatic N) is 1. The summed E-state index contributed by atoms with van der Waals surface area (Å²) < 4.78 is 10.8. The molecule has 132 valence electrons. The summed E-state index contributed by atoms with van der Waals surface area (Å²) in [5.41, 5.74) is 4.02. The Morgan fingerprint density at radius 3 is 2.56 bits per heavy atom. The lowest BCUT2D eigenvalue weighted by molar-refractivity contribution is 0.0733. The first-order valence-electron chi connectivity index (χ1n) is 8.65. The minimum Gasteiger partial charge on any atom is -0.497 e. The lowest BCUT2D eigenvalue weighted by atomic mass is 10.0. The normalized spacial score (nSPS) is 16.8. The number of carbonyl (C=O) groups excluding carboxylic acids is 1. The number of amides is 1. The van der Waals surface area contributed by atoms with E-state index in [1.54, 1.807) is 14.2 Å². The molecule has 25 heavy (non-hydrogen) atoms. The van der Waals surface area contributed by atoms with Crippen LogP contribution < -0.4 is 9.47 Å². The van der Waals surface area contributed by atoms with Gasteiger partial charge in [-0.3, -0.25) is 4.79 Å². The van der Waals surface area contributed by atoms with Crippen LogP contribution in [0.4, 0.5) is 0 Å². The zero-order valence-electron chi connectivity index (χ0n) is 15.3. The van der Waals surface area contributed by atoms with Crippen LogP contribution >= 0.6 is 0 Å². The molecule has 4 heteroatoms. The fraction of sp³-hybridized carbons (Fsp3) is 0.381. The molecule has 1 fully saturated rings. The maximum absolute atomic E-state index is 13.1. The van der Waals surface area contributed by atoms with Gasteiger partial charge < -0.3 is 14.4 Å². The highest BCUT2D eigenvalue weighted by Gasteiger charge is 2.33. The van der Waals surface area contributed by atoms with Gasteiger partial charge in [0.2, 0.25) is 0 Å². The monoisotopic (exact) mass is 339 g/mol. The SMILES string of the molecule is COc1ccc([C@@H]2CCCN2C(=O)c2ccc(C)cc2C)c(OC)c1. The van der Waals surface area contributed by atoms with E-state index in [0.29, 0.717) is 0 Å². The van der Waals surface area contributed by atoms with E-state index in [-0.39, 0.29) is 11.9 Å². The number of rotatable bonds is 4. The maximum Gasteiger partial charge on any atom is 0.254 e. The molecule has 0 saturated carbocycles. The summed E-state index contributed by atoms with van der Waals surface area (Å²) >= 11 is 0. The second kappa shape index (κ2) is 7.18. The van der Waals surface area contributed by atoms with Gasteiger partial charge in [-0.2, -0.15) is 0 Å². The minimum absolute atomic E-state index is 0.0362. The molecule has 2 aromatic rings. The van der Waals surface area contributed by atoms with Gasteiger partial charge in [-0.05, 0) is 50.5 Å². The van der Waals surface area contributed by atoms with Crippen LogP contribution in [-0.2, 0) is 0 Å². The van der Waals surface area contributed by atoms with Crippen molar-refractivity contribution in [2.75, 3.05) is 20.8 Å². The van der Waals surface area contributed by atoms with Crippen molar-refractivity contribution in [3.8, 4) is 11.5 Å². The highest BCUT2D eigenvalue weighted by Crippen LogP contribution is 2.39. The van der Waals surface area contributed by atoms with Crippen LogP contribution in [0.15, 0.2) is 36.4 Å². The predicted molar refractivity (Wildman–Crippen MR) is 98.5 cm³/mol. The molecule has 1 saturated heterocycles. The van der Waals surface area contributed by atoms with Crippen molar-refractivity contribution in [3.63, 3.8) is 0 Å². The average Bonchev–Trinajstić information content (AvgIpc) is 3.10. The summed E-state index contributed by atoms with van der Waals surface area (Å²) in [5, 5.41) is 0. The number of likely N-dealkylation sites (tertiary alicyclic amines) is 1. The Balaban J connectivity index is 1.94. The average molecular weight is 339 g/mol. The summed E-state index contributed by atoms with van der Waals surface area (Å²) in [6.07, 6.45) is 1.94. The number of methoxy groups -OCH3 is 2. The van der Waals surface area contributed by atoms with E-state index in [1.165, 1.54) is 5.56 Å². The number of benzene rings is 2. The predicted octanol–water partition coefficient (Wildman–Crippen LogP) is 4.30. The van der Waals surface area contributed by atoms with Gasteiger partial charge in [0.05, 0.1) is 20.3 Å². The fourth-order valence-corrected chi connectivity index (χ4v) is 3.64. The number of ether oxygens (including phenoxy) is 2. The third-order valence-corrected chi connectivity index (χ3v) is 4.93. The van der Waals surface area contributed by atoms with Gasteiger partial charge in [-0.15, -0.1) is 0 Å². The third-order valence-electron chi connectivity index (χ3n) is 4.93. The first kappa shape index (κ1) is 17.3. The van der Waals surface area contributed by atoms with E-state index in [0.717, 1.165) is 47.6 Å². The van der Waals surface area contributed by atoms with Crippen molar-refractivity contribution in [3.05, 3.63) is 58.7 Å². The highest BCUT2D eigenvalue weighted by molar-refractivity contribution is 5.96. The molecule has 0 radical (unpaired) electrons. The molecule has 0 N–H and O–H groups in total. The van der Waals surface area contributed by atoms with Crippen molar-refractivity contribution in [2.45, 2.75) is 32.7 Å². The maximum atomic E-state index is 13.1. The molecule has 0 aromatic heterocycles. The number of hydrogen-bond donors (Lipinski definition) is 0. The quantitative estimate of drug-likeness (QED) is 0.834. The van der Waals surface area contributed by atoms with Gasteiger partial charge in [-0.25, -0.2) is 0 Å². The smallest absolute Gasteiger partial charge is 0.254 e. The molecule has 1 amide bonds. The van der Waals surface area contributed by atoms with E-state index in [1.807, 2.05) is 49.1 Å². The summed E-state index contributed by atoms with van der Waals surface area (Å²) in [5.74, 6) is 1.62. The van der Waals surface area contributed by atoms with Crippen molar-refractivity contribution in [1.29, 1.82) is 0 Å². The van der Waals surface area contributed by atoms with Gasteiger partial charge in [-0.1, -0.05) is 17.7 Å². The lowest BCUT2D eigenvalue weighted by Crippen LogP contribution is -2.31. The molecule has 1 atom stereocenters. The summed E-state index contributed by atoms with van der Waals surface area (Å²) in [4.78, 5) is 15.1. The van der Waals surface area contributed by atoms with Crippen molar-refractivity contribution in [1.82, 2.24) is 4.90 Å². The molecule has 0 aliphatic carbocycles. The van der Waals surface area contributed by atoms with Crippen molar-refractivity contribution < 1.29 is 14.3 Å². The molecule has 1 aliphatic rings. The number of aryl methyl sites for hydroxylation is 2. The number of carbonyl (C=O) groups is 1. The van der Waals surface area contributed by atoms with Crippen LogP contribution in [0.25, 0.3) is 0 Å². The van der Waals surface area contributed by atoms with Gasteiger partial charge in [0, 0.05) is 23.7 Å². The molecular formula is C21H25NO3. The zero-order chi connectivity index (χ0) is 18.0. The van der Waals surface area contributed by atoms with Crippen LogP contribution in [0.3, 0.4) is 0 Å². The van der Waals surface area contributed by atoms with E-state index < -0.39 is 0 Å². The Hall–Kier alpha value is -2.49. The summed E-state index contributed by atoms with van der Waals surface area (Å²) in [6.45, 7) is 4.81. The van der Waals surface area contributed by atoms with E-state index in [2.05, 4.69) is 6.07 Å². The molecule has 1 heterocycles. The molecular weight excluding hydrogens is 314 g/mol. The molecule has 4 nitrogen and oxygen atoms in total. The van der Waals surface area contributed by atoms with Crippen LogP contribution in [0, 0.1) is 13.8 Å². The Morgan fingerprint density at radius 1 is 1.08 bits per heavy atom. The van der Waals surface area contributed by atoms with E-state index >= 15 is 0 Å². The van der Waals surface area contributed by atoms with E-state index in [9.17, 15) is 4.79 Å². The van der Waals surface area contributed by atoms with Gasteiger partial charge in [0.25, 0.3) is 5.91 Å². The molecule has 2 aromatic carbocycles. The molecule has 0 spiro atoms. The fourth-order valence-electron chi connectivity index (χ4n) is 3.64. The van der Waals surface area contributed by atoms with Crippen LogP contribution in [0.2, 0.25) is 0 Å². The zero-order valence-corrected chi connectivity index (χ0v) is 15.3. The van der Waals surface area contributed by atoms with Crippen molar-refractivity contribution >= 4 is 5.91 Å². The molecule has 1 aliphatic heterocycles. The molecule has 3 rings (SSSR count). The third kappa shape index (κ3) is 3.34. The Morgan fingerprint density at radius 2 is 1.88 bits per heavy atom. The topological polar surface area (TPSA) is 38.8 Å². The second-order valence-corrected chi connectivity index (χ2v) is 6.58. The Kier molecular flexibility index (Phi) is 4.98. The summed E-state index contributed by atoms with van der Waals surface area (Å²) in [6, 6.07) is 11.9. The largest absolute Gasteiger partial charge is 0.497 e. The summed E-state index contributed by atoms with van der Waals surface area (Å²) in [7, 11) is 3.30. The Labute approximate surface area is 149 Å². The van der Waals surface area contributed by atoms with Crippen LogP contribution in [0.1, 0.15) is 45.9 Å². The van der Waals surface area contributed by atoms with E-state index in [4.69, 9.17) is 9.47 Å². The van der Waals surface area contributed by atoms with Crippen LogP contribution in [-0.4, -0.2) is 31.6 Å². The van der Waals surface area contributed by atoms with Gasteiger partial charge in [0.1, 0.15) is 11.5 Å². The van der Waals surface area contributed by atoms with Gasteiger partial charge in [0.15, 0.2) is 0 Å². The van der Waals surface area contributed by atoms with Gasteiger partial charge >= 0.3 is 0 Å². The van der Waals surface area contributed by atoms with Crippen molar-refractivity contribution in [2.24, 2.45) is 0 Å². The first-order chi connectivity index (χ1) is 12.0. The first-order valence-corrected chi connectivity index (χ1v) is 8.65. The Bertz CT molecular complexity index is 785. The number of hydrogen-bond acceptors (Lipinski definition) is 3. The lowest BCUT2D eigenvalue weighted by Gasteiger charge is -2.27. The molecule has 0 bridgehead atoms. The molecule has 0 unspecified atom stereocenters. The minimum atomic E-state index is 0.0362. The standard InChI is InChI=1S/C21H25NO3/c1-14-7-9-17(15(2)12-14)21(23)22-11-5-6-19(22)18-10-8-16(24-3)13-20(18)25-4/h7-10,12-13,19H,5-6,11H2,1-4H3/t19-/m0/s1. The highest BCUT2D eigenvalue weighted by atomic mass is 16.5. The second-order valence-electron chi connectivity index (χ2n) is 6.58. The van der Waals surface area contributed by atoms with Crippen LogP contribution in [0.5, 0.6) is 11.5 Å².